The minimum absolute atomic E-state index is 0.104. The van der Waals surface area contributed by atoms with Crippen LogP contribution in [0.25, 0.3) is 11.1 Å². The third-order valence-electron chi connectivity index (χ3n) is 7.78. The number of rotatable bonds is 18. The van der Waals surface area contributed by atoms with Gasteiger partial charge in [0.15, 0.2) is 0 Å². The normalized spacial score (nSPS) is 15.4. The van der Waals surface area contributed by atoms with E-state index in [4.69, 9.17) is 9.84 Å². The van der Waals surface area contributed by atoms with E-state index in [-0.39, 0.29) is 25.9 Å². The van der Waals surface area contributed by atoms with E-state index >= 15 is 0 Å². The molecule has 0 aliphatic carbocycles. The van der Waals surface area contributed by atoms with Gasteiger partial charge in [0.1, 0.15) is 12.2 Å². The lowest BCUT2D eigenvalue weighted by Crippen LogP contribution is -2.42. The molecule has 0 heterocycles. The van der Waals surface area contributed by atoms with Crippen molar-refractivity contribution in [3.05, 3.63) is 70.3 Å². The minimum atomic E-state index is -1.06. The number of amides is 1. The highest BCUT2D eigenvalue weighted by Gasteiger charge is 2.38. The number of aliphatic carboxylic acids is 1. The molecule has 1 amide bonds. The number of ether oxygens (including phenoxy) is 1. The number of esters is 1. The molecule has 0 saturated carbocycles. The van der Waals surface area contributed by atoms with Gasteiger partial charge in [0.25, 0.3) is 5.09 Å². The van der Waals surface area contributed by atoms with Crippen LogP contribution in [0.5, 0.6) is 0 Å². The summed E-state index contributed by atoms with van der Waals surface area (Å²) < 4.78 is 6.00. The molecule has 2 unspecified atom stereocenters. The van der Waals surface area contributed by atoms with Crippen molar-refractivity contribution in [3.63, 3.8) is 0 Å². The van der Waals surface area contributed by atoms with Crippen molar-refractivity contribution in [2.75, 3.05) is 6.61 Å². The van der Waals surface area contributed by atoms with Crippen LogP contribution in [0.2, 0.25) is 0 Å². The Morgan fingerprint density at radius 1 is 0.976 bits per heavy atom. The van der Waals surface area contributed by atoms with Crippen LogP contribution in [0, 0.1) is 21.4 Å². The summed E-state index contributed by atoms with van der Waals surface area (Å²) in [5.74, 6) is -2.46. The molecule has 2 rings (SSSR count). The number of benzene rings is 2. The van der Waals surface area contributed by atoms with Crippen molar-refractivity contribution in [2.24, 2.45) is 11.3 Å². The van der Waals surface area contributed by atoms with Crippen molar-refractivity contribution >= 4 is 17.8 Å². The molecule has 0 spiro atoms. The van der Waals surface area contributed by atoms with Crippen LogP contribution in [0.15, 0.2) is 54.6 Å². The van der Waals surface area contributed by atoms with E-state index < -0.39 is 45.9 Å². The van der Waals surface area contributed by atoms with Crippen molar-refractivity contribution in [3.8, 4) is 11.1 Å². The number of nitrogens with one attached hydrogen (secondary N) is 1. The highest BCUT2D eigenvalue weighted by atomic mass is 16.9. The van der Waals surface area contributed by atoms with E-state index in [2.05, 4.69) is 10.2 Å². The summed E-state index contributed by atoms with van der Waals surface area (Å²) in [4.78, 5) is 52.3. The van der Waals surface area contributed by atoms with E-state index in [0.717, 1.165) is 16.7 Å². The highest BCUT2D eigenvalue weighted by molar-refractivity contribution is 5.81. The maximum absolute atomic E-state index is 13.3. The van der Waals surface area contributed by atoms with Crippen LogP contribution in [-0.2, 0) is 30.4 Å². The predicted octanol–water partition coefficient (Wildman–Crippen LogP) is 6.00. The first kappa shape index (κ1) is 34.3. The average Bonchev–Trinajstić information content (AvgIpc) is 2.95. The Hall–Kier alpha value is -3.95. The van der Waals surface area contributed by atoms with Crippen LogP contribution in [0.1, 0.15) is 78.7 Å². The second-order valence-electron chi connectivity index (χ2n) is 11.6. The van der Waals surface area contributed by atoms with Crippen LogP contribution < -0.4 is 5.32 Å². The zero-order chi connectivity index (χ0) is 31.3. The highest BCUT2D eigenvalue weighted by Crippen LogP contribution is 2.36. The molecule has 0 bridgehead atoms. The Bertz CT molecular complexity index is 1190. The van der Waals surface area contributed by atoms with E-state index in [1.807, 2.05) is 82.3 Å². The molecule has 230 valence electrons. The molecule has 0 aliphatic rings. The second kappa shape index (κ2) is 15.9. The molecule has 42 heavy (non-hydrogen) atoms. The molecule has 0 radical (unpaired) electrons. The first-order valence-corrected chi connectivity index (χ1v) is 14.4. The quantitative estimate of drug-likeness (QED) is 0.123. The van der Waals surface area contributed by atoms with Crippen LogP contribution in [0.4, 0.5) is 0 Å². The summed E-state index contributed by atoms with van der Waals surface area (Å²) in [5.41, 5.74) is 1.65. The first-order chi connectivity index (χ1) is 19.8. The number of carboxylic acid groups (broad SMARTS) is 1. The number of carbonyl (C=O) groups is 3. The third kappa shape index (κ3) is 11.5. The largest absolute Gasteiger partial charge is 0.481 e. The summed E-state index contributed by atoms with van der Waals surface area (Å²) >= 11 is 0. The van der Waals surface area contributed by atoms with Gasteiger partial charge in [-0.25, -0.2) is 0 Å². The number of hydrogen-bond donors (Lipinski definition) is 2. The smallest absolute Gasteiger partial charge is 0.309 e. The maximum Gasteiger partial charge on any atom is 0.309 e. The monoisotopic (exact) mass is 584 g/mol. The lowest BCUT2D eigenvalue weighted by atomic mass is 9.77. The molecule has 0 aliphatic heterocycles. The molecular weight excluding hydrogens is 540 g/mol. The van der Waals surface area contributed by atoms with Gasteiger partial charge in [0.2, 0.25) is 5.91 Å². The lowest BCUT2D eigenvalue weighted by Gasteiger charge is -2.38. The molecule has 0 saturated heterocycles. The number of hydrogen-bond acceptors (Lipinski definition) is 7. The van der Waals surface area contributed by atoms with Crippen molar-refractivity contribution in [2.45, 2.75) is 91.2 Å². The van der Waals surface area contributed by atoms with Crippen molar-refractivity contribution in [1.82, 2.24) is 5.32 Å². The van der Waals surface area contributed by atoms with Crippen molar-refractivity contribution < 1.29 is 34.2 Å². The van der Waals surface area contributed by atoms with Gasteiger partial charge in [0.05, 0.1) is 12.3 Å². The summed E-state index contributed by atoms with van der Waals surface area (Å²) in [5, 5.41) is 21.8. The Morgan fingerprint density at radius 2 is 1.60 bits per heavy atom. The molecule has 4 atom stereocenters. The fourth-order valence-corrected chi connectivity index (χ4v) is 4.95. The van der Waals surface area contributed by atoms with Crippen molar-refractivity contribution in [1.29, 1.82) is 0 Å². The Balaban J connectivity index is 2.15. The minimum Gasteiger partial charge on any atom is -0.481 e. The van der Waals surface area contributed by atoms with Gasteiger partial charge in [-0.05, 0) is 61.1 Å². The summed E-state index contributed by atoms with van der Waals surface area (Å²) in [6.45, 7) is 9.13. The molecule has 10 nitrogen and oxygen atoms in total. The predicted molar refractivity (Wildman–Crippen MR) is 159 cm³/mol. The Labute approximate surface area is 247 Å². The topological polar surface area (TPSA) is 145 Å². The first-order valence-electron chi connectivity index (χ1n) is 14.4. The van der Waals surface area contributed by atoms with Gasteiger partial charge < -0.3 is 20.0 Å². The molecular formula is C32H44N2O8. The van der Waals surface area contributed by atoms with E-state index in [1.54, 1.807) is 6.92 Å². The Kier molecular flexibility index (Phi) is 13.0. The summed E-state index contributed by atoms with van der Waals surface area (Å²) in [7, 11) is 0. The fraction of sp³-hybridized carbons (Fsp3) is 0.531. The fourth-order valence-electron chi connectivity index (χ4n) is 4.95. The average molecular weight is 585 g/mol. The van der Waals surface area contributed by atoms with E-state index in [9.17, 15) is 24.5 Å². The second-order valence-corrected chi connectivity index (χ2v) is 11.6. The van der Waals surface area contributed by atoms with E-state index in [0.29, 0.717) is 25.7 Å². The standard InChI is InChI=1S/C32H44N2O8/c1-6-31(4,22-41-34(39)40)21-32(5,7-2)42-30(38)23(3)19-27(33-28(35)17-18-29(36)37)20-24-13-15-26(16-14-24)25-11-9-8-10-12-25/h8-16,23,27H,6-7,17-22H2,1-5H3,(H,33,35)(H,36,37)/t23-,27+,31?,32?/m1/s1. The number of nitrogens with zero attached hydrogens (tertiary/aromatic N) is 1. The van der Waals surface area contributed by atoms with Gasteiger partial charge in [-0.2, -0.15) is 0 Å². The van der Waals surface area contributed by atoms with Gasteiger partial charge in [-0.3, -0.25) is 14.4 Å². The molecule has 0 aromatic heterocycles. The van der Waals surface area contributed by atoms with E-state index in [1.165, 1.54) is 0 Å². The van der Waals surface area contributed by atoms with Gasteiger partial charge in [0, 0.05) is 12.5 Å². The third-order valence-corrected chi connectivity index (χ3v) is 7.78. The molecule has 2 aromatic carbocycles. The molecule has 2 aromatic rings. The SMILES string of the molecule is CCC(C)(CO[N+](=O)[O-])CC(C)(CC)OC(=O)[C@H](C)C[C@@H](Cc1ccc(-c2ccccc2)cc1)NC(=O)CCC(=O)O. The van der Waals surface area contributed by atoms with Gasteiger partial charge in [-0.15, -0.1) is 10.1 Å². The van der Waals surface area contributed by atoms with Crippen LogP contribution in [-0.4, -0.2) is 46.3 Å². The van der Waals surface area contributed by atoms with Gasteiger partial charge >= 0.3 is 11.9 Å². The van der Waals surface area contributed by atoms with Gasteiger partial charge in [-0.1, -0.05) is 82.3 Å². The number of carboxylic acids is 1. The Morgan fingerprint density at radius 3 is 2.14 bits per heavy atom. The summed E-state index contributed by atoms with van der Waals surface area (Å²) in [6.07, 6.45) is 1.76. The zero-order valence-electron chi connectivity index (χ0n) is 25.3. The molecule has 2 N–H and O–H groups in total. The van der Waals surface area contributed by atoms with Crippen LogP contribution in [0.3, 0.4) is 0 Å². The summed E-state index contributed by atoms with van der Waals surface area (Å²) in [6, 6.07) is 17.5. The molecule has 0 fully saturated rings. The lowest BCUT2D eigenvalue weighted by molar-refractivity contribution is -0.761. The molecule has 10 heteroatoms. The zero-order valence-corrected chi connectivity index (χ0v) is 25.3. The maximum atomic E-state index is 13.3. The van der Waals surface area contributed by atoms with Crippen LogP contribution >= 0.6 is 0 Å². The number of carbonyl (C=O) groups excluding carboxylic acids is 2.